The second kappa shape index (κ2) is 7.26. The number of thiophene rings is 1. The first kappa shape index (κ1) is 14.8. The molecule has 0 saturated carbocycles. The first-order valence-corrected chi connectivity index (χ1v) is 7.80. The zero-order chi connectivity index (χ0) is 15.2. The third-order valence-corrected chi connectivity index (χ3v) is 3.84. The van der Waals surface area contributed by atoms with Crippen molar-refractivity contribution in [2.75, 3.05) is 6.61 Å². The summed E-state index contributed by atoms with van der Waals surface area (Å²) in [5.41, 5.74) is 0.900. The first-order valence-electron chi connectivity index (χ1n) is 6.92. The largest absolute Gasteiger partial charge is 0.389 e. The summed E-state index contributed by atoms with van der Waals surface area (Å²) in [6.07, 6.45) is -0.669. The molecule has 1 N–H and O–H groups in total. The topological polar surface area (TPSA) is 73.1 Å². The number of aliphatic hydroxyl groups excluding tert-OH is 1. The first-order chi connectivity index (χ1) is 10.8. The number of nitrogens with zero attached hydrogens (tertiary/aromatic N) is 4. The Hall–Kier alpha value is -2.09. The molecule has 0 radical (unpaired) electrons. The summed E-state index contributed by atoms with van der Waals surface area (Å²) in [4.78, 5) is 2.53. The van der Waals surface area contributed by atoms with Gasteiger partial charge in [0.25, 0.3) is 0 Å². The van der Waals surface area contributed by atoms with Crippen molar-refractivity contribution in [2.45, 2.75) is 19.3 Å². The average molecular weight is 316 g/mol. The van der Waals surface area contributed by atoms with Crippen LogP contribution in [0.25, 0.3) is 11.4 Å². The minimum Gasteiger partial charge on any atom is -0.389 e. The van der Waals surface area contributed by atoms with E-state index in [1.807, 2.05) is 47.8 Å². The van der Waals surface area contributed by atoms with E-state index in [2.05, 4.69) is 15.4 Å². The van der Waals surface area contributed by atoms with Crippen LogP contribution >= 0.6 is 11.3 Å². The Morgan fingerprint density at radius 1 is 1.18 bits per heavy atom. The predicted octanol–water partition coefficient (Wildman–Crippen LogP) is 1.98. The molecule has 0 amide bonds. The van der Waals surface area contributed by atoms with Crippen LogP contribution in [0, 0.1) is 0 Å². The van der Waals surface area contributed by atoms with Crippen molar-refractivity contribution in [3.8, 4) is 11.4 Å². The second-order valence-electron chi connectivity index (χ2n) is 4.78. The molecule has 1 atom stereocenters. The van der Waals surface area contributed by atoms with E-state index in [-0.39, 0.29) is 13.2 Å². The second-order valence-corrected chi connectivity index (χ2v) is 5.81. The van der Waals surface area contributed by atoms with Gasteiger partial charge in [-0.1, -0.05) is 36.4 Å². The molecule has 6 nitrogen and oxygen atoms in total. The Labute approximate surface area is 132 Å². The number of benzene rings is 1. The van der Waals surface area contributed by atoms with Gasteiger partial charge in [-0.2, -0.15) is 4.80 Å². The molecule has 0 fully saturated rings. The van der Waals surface area contributed by atoms with E-state index < -0.39 is 6.10 Å². The molecule has 0 spiro atoms. The van der Waals surface area contributed by atoms with E-state index in [0.29, 0.717) is 12.4 Å². The molecule has 2 heterocycles. The molecule has 1 unspecified atom stereocenters. The Bertz CT molecular complexity index is 685. The highest BCUT2D eigenvalue weighted by Gasteiger charge is 2.10. The minimum atomic E-state index is -0.669. The number of ether oxygens (including phenoxy) is 1. The van der Waals surface area contributed by atoms with E-state index >= 15 is 0 Å². The fraction of sp³-hybridized carbons (Fsp3) is 0.267. The summed E-state index contributed by atoms with van der Waals surface area (Å²) in [7, 11) is 0. The predicted molar refractivity (Wildman–Crippen MR) is 83.2 cm³/mol. The number of aliphatic hydroxyl groups is 1. The Balaban J connectivity index is 1.49. The normalized spacial score (nSPS) is 12.4. The number of hydrogen-bond acceptors (Lipinski definition) is 6. The van der Waals surface area contributed by atoms with Crippen LogP contribution in [-0.4, -0.2) is 38.0 Å². The van der Waals surface area contributed by atoms with Gasteiger partial charge < -0.3 is 9.84 Å². The molecular weight excluding hydrogens is 300 g/mol. The van der Waals surface area contributed by atoms with E-state index in [1.165, 1.54) is 4.80 Å². The third-order valence-electron chi connectivity index (χ3n) is 2.99. The van der Waals surface area contributed by atoms with Crippen molar-refractivity contribution >= 4 is 11.3 Å². The van der Waals surface area contributed by atoms with Crippen LogP contribution in [0.1, 0.15) is 4.88 Å². The number of rotatable bonds is 7. The summed E-state index contributed by atoms with van der Waals surface area (Å²) >= 11 is 1.63. The van der Waals surface area contributed by atoms with Crippen molar-refractivity contribution in [3.05, 3.63) is 52.7 Å². The van der Waals surface area contributed by atoms with Gasteiger partial charge in [-0.25, -0.2) is 0 Å². The Morgan fingerprint density at radius 3 is 2.82 bits per heavy atom. The van der Waals surface area contributed by atoms with Crippen molar-refractivity contribution in [1.29, 1.82) is 0 Å². The number of tetrazole rings is 1. The standard InChI is InChI=1S/C15H16N4O2S/c20-13(10-21-11-14-7-4-8-22-14)9-19-17-15(16-18-19)12-5-2-1-3-6-12/h1-8,13,20H,9-11H2. The quantitative estimate of drug-likeness (QED) is 0.721. The molecule has 0 aliphatic carbocycles. The van der Waals surface area contributed by atoms with E-state index in [0.717, 1.165) is 10.4 Å². The van der Waals surface area contributed by atoms with Gasteiger partial charge in [-0.05, 0) is 16.7 Å². The monoisotopic (exact) mass is 316 g/mol. The highest BCUT2D eigenvalue weighted by molar-refractivity contribution is 7.09. The van der Waals surface area contributed by atoms with Crippen molar-refractivity contribution in [1.82, 2.24) is 20.2 Å². The lowest BCUT2D eigenvalue weighted by Crippen LogP contribution is -2.23. The van der Waals surface area contributed by atoms with Gasteiger partial charge in [0.1, 0.15) is 0 Å². The molecule has 0 bridgehead atoms. The maximum absolute atomic E-state index is 9.96. The van der Waals surface area contributed by atoms with Gasteiger partial charge in [0.05, 0.1) is 25.9 Å². The van der Waals surface area contributed by atoms with E-state index in [9.17, 15) is 5.11 Å². The summed E-state index contributed by atoms with van der Waals surface area (Å²) in [5.74, 6) is 0.548. The van der Waals surface area contributed by atoms with Crippen molar-refractivity contribution < 1.29 is 9.84 Å². The van der Waals surface area contributed by atoms with Crippen LogP contribution in [-0.2, 0) is 17.9 Å². The van der Waals surface area contributed by atoms with Gasteiger partial charge in [0.15, 0.2) is 0 Å². The number of aromatic nitrogens is 4. The molecule has 0 saturated heterocycles. The van der Waals surface area contributed by atoms with Crippen LogP contribution < -0.4 is 0 Å². The lowest BCUT2D eigenvalue weighted by atomic mass is 10.2. The van der Waals surface area contributed by atoms with Crippen LogP contribution in [0.4, 0.5) is 0 Å². The highest BCUT2D eigenvalue weighted by Crippen LogP contribution is 2.12. The average Bonchev–Trinajstić information content (AvgIpc) is 3.20. The van der Waals surface area contributed by atoms with Crippen LogP contribution in [0.5, 0.6) is 0 Å². The van der Waals surface area contributed by atoms with Crippen LogP contribution in [0.2, 0.25) is 0 Å². The lowest BCUT2D eigenvalue weighted by Gasteiger charge is -2.09. The van der Waals surface area contributed by atoms with Crippen molar-refractivity contribution in [2.24, 2.45) is 0 Å². The summed E-state index contributed by atoms with van der Waals surface area (Å²) in [5, 5.41) is 24.2. The molecule has 0 aliphatic rings. The molecule has 22 heavy (non-hydrogen) atoms. The van der Waals surface area contributed by atoms with Gasteiger partial charge in [0.2, 0.25) is 5.82 Å². The van der Waals surface area contributed by atoms with Crippen LogP contribution in [0.3, 0.4) is 0 Å². The fourth-order valence-electron chi connectivity index (χ4n) is 1.95. The Morgan fingerprint density at radius 2 is 2.05 bits per heavy atom. The SMILES string of the molecule is OC(COCc1cccs1)Cn1nnc(-c2ccccc2)n1. The molecule has 3 rings (SSSR count). The van der Waals surface area contributed by atoms with Gasteiger partial charge in [-0.3, -0.25) is 0 Å². The molecule has 3 aromatic rings. The smallest absolute Gasteiger partial charge is 0.204 e. The summed E-state index contributed by atoms with van der Waals surface area (Å²) in [6.45, 7) is 0.999. The maximum Gasteiger partial charge on any atom is 0.204 e. The third kappa shape index (κ3) is 3.97. The van der Waals surface area contributed by atoms with Gasteiger partial charge in [0, 0.05) is 10.4 Å². The Kier molecular flexibility index (Phi) is 4.89. The zero-order valence-corrected chi connectivity index (χ0v) is 12.7. The maximum atomic E-state index is 9.96. The number of hydrogen-bond donors (Lipinski definition) is 1. The fourth-order valence-corrected chi connectivity index (χ4v) is 2.60. The molecule has 7 heteroatoms. The van der Waals surface area contributed by atoms with Gasteiger partial charge >= 0.3 is 0 Å². The highest BCUT2D eigenvalue weighted by atomic mass is 32.1. The van der Waals surface area contributed by atoms with E-state index in [4.69, 9.17) is 4.74 Å². The molecule has 2 aromatic heterocycles. The zero-order valence-electron chi connectivity index (χ0n) is 11.9. The van der Waals surface area contributed by atoms with Gasteiger partial charge in [-0.15, -0.1) is 21.5 Å². The molecule has 1 aromatic carbocycles. The molecular formula is C15H16N4O2S. The molecule has 114 valence electrons. The van der Waals surface area contributed by atoms with Crippen LogP contribution in [0.15, 0.2) is 47.8 Å². The summed E-state index contributed by atoms with van der Waals surface area (Å²) in [6, 6.07) is 13.6. The van der Waals surface area contributed by atoms with Crippen molar-refractivity contribution in [3.63, 3.8) is 0 Å². The lowest BCUT2D eigenvalue weighted by molar-refractivity contribution is 0.0174. The summed E-state index contributed by atoms with van der Waals surface area (Å²) < 4.78 is 5.47. The van der Waals surface area contributed by atoms with E-state index in [1.54, 1.807) is 11.3 Å². The minimum absolute atomic E-state index is 0.236. The molecule has 0 aliphatic heterocycles.